The SMILES string of the molecule is Cc1nc(C2CC2)nc2sc(C(=O)Nc3nc(C(C)C)cs3)c(C)c12. The van der Waals surface area contributed by atoms with Crippen LogP contribution in [0.4, 0.5) is 5.13 Å². The molecule has 0 aliphatic heterocycles. The van der Waals surface area contributed by atoms with Crippen molar-refractivity contribution in [1.29, 1.82) is 0 Å². The van der Waals surface area contributed by atoms with Crippen LogP contribution in [0.25, 0.3) is 10.2 Å². The molecule has 0 saturated heterocycles. The van der Waals surface area contributed by atoms with E-state index in [0.29, 0.717) is 21.8 Å². The van der Waals surface area contributed by atoms with Crippen LogP contribution in [0.3, 0.4) is 0 Å². The summed E-state index contributed by atoms with van der Waals surface area (Å²) in [6.07, 6.45) is 2.34. The van der Waals surface area contributed by atoms with Crippen LogP contribution in [0.2, 0.25) is 0 Å². The summed E-state index contributed by atoms with van der Waals surface area (Å²) in [5.74, 6) is 1.68. The van der Waals surface area contributed by atoms with E-state index in [4.69, 9.17) is 4.98 Å². The van der Waals surface area contributed by atoms with E-state index >= 15 is 0 Å². The van der Waals surface area contributed by atoms with E-state index in [-0.39, 0.29) is 5.91 Å². The smallest absolute Gasteiger partial charge is 0.267 e. The highest BCUT2D eigenvalue weighted by Crippen LogP contribution is 2.40. The zero-order valence-electron chi connectivity index (χ0n) is 14.7. The summed E-state index contributed by atoms with van der Waals surface area (Å²) in [7, 11) is 0. The standard InChI is InChI=1S/C18H20N4OS2/c1-8(2)12-7-24-18(20-12)22-16(23)14-9(3)13-10(4)19-15(11-5-6-11)21-17(13)25-14/h7-8,11H,5-6H2,1-4H3,(H,20,22,23). The van der Waals surface area contributed by atoms with Crippen LogP contribution < -0.4 is 5.32 Å². The van der Waals surface area contributed by atoms with Crippen LogP contribution in [0.15, 0.2) is 5.38 Å². The van der Waals surface area contributed by atoms with Gasteiger partial charge in [0, 0.05) is 16.7 Å². The number of rotatable bonds is 4. The third-order valence-corrected chi connectivity index (χ3v) is 6.43. The molecule has 0 atom stereocenters. The van der Waals surface area contributed by atoms with Gasteiger partial charge in [-0.2, -0.15) is 0 Å². The molecule has 5 nitrogen and oxygen atoms in total. The average molecular weight is 373 g/mol. The Morgan fingerprint density at radius 2 is 2.00 bits per heavy atom. The highest BCUT2D eigenvalue weighted by atomic mass is 32.1. The molecule has 3 aromatic rings. The van der Waals surface area contributed by atoms with Crippen LogP contribution >= 0.6 is 22.7 Å². The van der Waals surface area contributed by atoms with Gasteiger partial charge < -0.3 is 0 Å². The lowest BCUT2D eigenvalue weighted by Crippen LogP contribution is -2.11. The van der Waals surface area contributed by atoms with Crippen LogP contribution in [-0.4, -0.2) is 20.9 Å². The third-order valence-electron chi connectivity index (χ3n) is 4.47. The van der Waals surface area contributed by atoms with Gasteiger partial charge >= 0.3 is 0 Å². The van der Waals surface area contributed by atoms with Gasteiger partial charge in [-0.05, 0) is 38.2 Å². The molecule has 1 N–H and O–H groups in total. The van der Waals surface area contributed by atoms with Gasteiger partial charge in [0.05, 0.1) is 16.3 Å². The Labute approximate surface area is 154 Å². The number of nitrogens with zero attached hydrogens (tertiary/aromatic N) is 3. The molecule has 1 saturated carbocycles. The Bertz CT molecular complexity index is 969. The normalized spacial score (nSPS) is 14.4. The number of aryl methyl sites for hydroxylation is 2. The summed E-state index contributed by atoms with van der Waals surface area (Å²) < 4.78 is 0. The van der Waals surface area contributed by atoms with E-state index in [1.54, 1.807) is 0 Å². The van der Waals surface area contributed by atoms with Gasteiger partial charge in [0.2, 0.25) is 0 Å². The van der Waals surface area contributed by atoms with E-state index < -0.39 is 0 Å². The summed E-state index contributed by atoms with van der Waals surface area (Å²) in [6, 6.07) is 0. The Kier molecular flexibility index (Phi) is 4.08. The molecule has 0 unspecified atom stereocenters. The van der Waals surface area contributed by atoms with Crippen LogP contribution in [0.1, 0.15) is 71.0 Å². The predicted molar refractivity (Wildman–Crippen MR) is 103 cm³/mol. The minimum Gasteiger partial charge on any atom is -0.297 e. The summed E-state index contributed by atoms with van der Waals surface area (Å²) in [5, 5.41) is 6.59. The molecule has 7 heteroatoms. The van der Waals surface area contributed by atoms with Gasteiger partial charge in [0.25, 0.3) is 5.91 Å². The van der Waals surface area contributed by atoms with Crippen molar-refractivity contribution >= 4 is 43.9 Å². The largest absolute Gasteiger partial charge is 0.297 e. The summed E-state index contributed by atoms with van der Waals surface area (Å²) in [5.41, 5.74) is 2.93. The molecule has 0 spiro atoms. The fourth-order valence-electron chi connectivity index (χ4n) is 2.86. The maximum absolute atomic E-state index is 12.7. The maximum atomic E-state index is 12.7. The van der Waals surface area contributed by atoms with Crippen molar-refractivity contribution in [3.63, 3.8) is 0 Å². The molecule has 1 fully saturated rings. The van der Waals surface area contributed by atoms with Gasteiger partial charge in [0.1, 0.15) is 10.7 Å². The molecule has 4 rings (SSSR count). The van der Waals surface area contributed by atoms with Crippen LogP contribution in [-0.2, 0) is 0 Å². The van der Waals surface area contributed by atoms with Gasteiger partial charge in [-0.1, -0.05) is 13.8 Å². The number of thiophene rings is 1. The van der Waals surface area contributed by atoms with Crippen molar-refractivity contribution in [2.24, 2.45) is 0 Å². The number of carbonyl (C=O) groups is 1. The minimum atomic E-state index is -0.113. The minimum absolute atomic E-state index is 0.113. The molecule has 3 aromatic heterocycles. The number of aromatic nitrogens is 3. The first-order chi connectivity index (χ1) is 11.9. The van der Waals surface area contributed by atoms with Gasteiger partial charge in [-0.15, -0.1) is 22.7 Å². The summed E-state index contributed by atoms with van der Waals surface area (Å²) >= 11 is 2.92. The number of hydrogen-bond acceptors (Lipinski definition) is 6. The molecule has 0 aromatic carbocycles. The predicted octanol–water partition coefficient (Wildman–Crippen LogP) is 5.02. The van der Waals surface area contributed by atoms with E-state index in [1.807, 2.05) is 19.2 Å². The van der Waals surface area contributed by atoms with E-state index in [9.17, 15) is 4.79 Å². The number of fused-ring (bicyclic) bond motifs is 1. The number of amides is 1. The third kappa shape index (κ3) is 3.06. The molecule has 130 valence electrons. The summed E-state index contributed by atoms with van der Waals surface area (Å²) in [4.78, 5) is 28.2. The molecule has 3 heterocycles. The van der Waals surface area contributed by atoms with Crippen molar-refractivity contribution < 1.29 is 4.79 Å². The lowest BCUT2D eigenvalue weighted by atomic mass is 10.1. The molecule has 1 amide bonds. The Morgan fingerprint density at radius 1 is 1.24 bits per heavy atom. The number of hydrogen-bond donors (Lipinski definition) is 1. The molecular weight excluding hydrogens is 352 g/mol. The van der Waals surface area contributed by atoms with Crippen molar-refractivity contribution in [2.45, 2.75) is 52.4 Å². The first-order valence-electron chi connectivity index (χ1n) is 8.48. The fourth-order valence-corrected chi connectivity index (χ4v) is 4.86. The molecule has 0 bridgehead atoms. The average Bonchev–Trinajstić information content (AvgIpc) is 3.21. The number of thiazole rings is 1. The quantitative estimate of drug-likeness (QED) is 0.698. The Hall–Kier alpha value is -1.86. The van der Waals surface area contributed by atoms with Crippen LogP contribution in [0, 0.1) is 13.8 Å². The highest BCUT2D eigenvalue weighted by Gasteiger charge is 2.28. The lowest BCUT2D eigenvalue weighted by molar-refractivity contribution is 0.103. The second-order valence-electron chi connectivity index (χ2n) is 6.86. The molecular formula is C18H20N4OS2. The Morgan fingerprint density at radius 3 is 2.64 bits per heavy atom. The molecule has 0 radical (unpaired) electrons. The van der Waals surface area contributed by atoms with Gasteiger partial charge in [-0.25, -0.2) is 15.0 Å². The van der Waals surface area contributed by atoms with E-state index in [1.165, 1.54) is 35.5 Å². The zero-order valence-corrected chi connectivity index (χ0v) is 16.3. The molecule has 1 aliphatic carbocycles. The number of anilines is 1. The Balaban J connectivity index is 1.66. The first-order valence-corrected chi connectivity index (χ1v) is 10.2. The van der Waals surface area contributed by atoms with E-state index in [0.717, 1.165) is 33.0 Å². The highest BCUT2D eigenvalue weighted by molar-refractivity contribution is 7.21. The summed E-state index contributed by atoms with van der Waals surface area (Å²) in [6.45, 7) is 8.17. The van der Waals surface area contributed by atoms with Crippen molar-refractivity contribution in [2.75, 3.05) is 5.32 Å². The molecule has 25 heavy (non-hydrogen) atoms. The van der Waals surface area contributed by atoms with Gasteiger partial charge in [0.15, 0.2) is 5.13 Å². The molecule has 1 aliphatic rings. The number of nitrogens with one attached hydrogen (secondary N) is 1. The van der Waals surface area contributed by atoms with Crippen molar-refractivity contribution in [1.82, 2.24) is 15.0 Å². The monoisotopic (exact) mass is 372 g/mol. The van der Waals surface area contributed by atoms with Crippen molar-refractivity contribution in [3.8, 4) is 0 Å². The van der Waals surface area contributed by atoms with E-state index in [2.05, 4.69) is 29.1 Å². The van der Waals surface area contributed by atoms with Crippen LogP contribution in [0.5, 0.6) is 0 Å². The van der Waals surface area contributed by atoms with Gasteiger partial charge in [-0.3, -0.25) is 10.1 Å². The second-order valence-corrected chi connectivity index (χ2v) is 8.72. The first kappa shape index (κ1) is 16.6. The lowest BCUT2D eigenvalue weighted by Gasteiger charge is -2.02. The second kappa shape index (κ2) is 6.14. The maximum Gasteiger partial charge on any atom is 0.267 e. The zero-order chi connectivity index (χ0) is 17.7. The fraction of sp³-hybridized carbons (Fsp3) is 0.444. The topological polar surface area (TPSA) is 67.8 Å². The number of carbonyl (C=O) groups excluding carboxylic acids is 1. The van der Waals surface area contributed by atoms with Crippen molar-refractivity contribution in [3.05, 3.63) is 33.0 Å².